The summed E-state index contributed by atoms with van der Waals surface area (Å²) in [5.74, 6) is -0.253. The largest absolute Gasteiger partial charge is 0.383 e. The van der Waals surface area contributed by atoms with E-state index in [0.717, 1.165) is 17.3 Å². The molecule has 0 aliphatic heterocycles. The van der Waals surface area contributed by atoms with E-state index in [1.165, 1.54) is 12.1 Å². The highest BCUT2D eigenvalue weighted by Gasteiger charge is 2.10. The summed E-state index contributed by atoms with van der Waals surface area (Å²) >= 11 is 1.03. The fourth-order valence-electron chi connectivity index (χ4n) is 1.64. The standard InChI is InChI=1S/C13H15FN4OS/c1-7(16-2)8-3-4-10(9(14)5-8)20-13-17-11(15)6-12(19)18-13/h3-7,16H,1-2H3,(H3,15,17,18,19). The number of hydrogen-bond donors (Lipinski definition) is 3. The molecule has 5 nitrogen and oxygen atoms in total. The Labute approximate surface area is 119 Å². The van der Waals surface area contributed by atoms with Crippen LogP contribution in [0.25, 0.3) is 0 Å². The van der Waals surface area contributed by atoms with Gasteiger partial charge in [-0.25, -0.2) is 9.37 Å². The number of nitrogens with one attached hydrogen (secondary N) is 2. The number of halogens is 1. The van der Waals surface area contributed by atoms with Crippen molar-refractivity contribution in [1.82, 2.24) is 15.3 Å². The highest BCUT2D eigenvalue weighted by Crippen LogP contribution is 2.28. The molecule has 20 heavy (non-hydrogen) atoms. The molecule has 0 saturated carbocycles. The highest BCUT2D eigenvalue weighted by atomic mass is 32.2. The number of aromatic amines is 1. The summed E-state index contributed by atoms with van der Waals surface area (Å²) in [5, 5.41) is 3.31. The zero-order valence-corrected chi connectivity index (χ0v) is 11.9. The quantitative estimate of drug-likeness (QED) is 0.750. The average Bonchev–Trinajstić information content (AvgIpc) is 2.39. The van der Waals surface area contributed by atoms with Gasteiger partial charge in [-0.15, -0.1) is 0 Å². The van der Waals surface area contributed by atoms with Crippen molar-refractivity contribution < 1.29 is 4.39 Å². The zero-order chi connectivity index (χ0) is 14.7. The molecule has 2 aromatic rings. The third-order valence-electron chi connectivity index (χ3n) is 2.84. The minimum atomic E-state index is -0.361. The van der Waals surface area contributed by atoms with Gasteiger partial charge in [0.15, 0.2) is 5.16 Å². The highest BCUT2D eigenvalue weighted by molar-refractivity contribution is 7.99. The van der Waals surface area contributed by atoms with Crippen LogP contribution in [0.4, 0.5) is 10.2 Å². The monoisotopic (exact) mass is 294 g/mol. The lowest BCUT2D eigenvalue weighted by Crippen LogP contribution is -2.12. The third-order valence-corrected chi connectivity index (χ3v) is 3.77. The van der Waals surface area contributed by atoms with Gasteiger partial charge in [-0.2, -0.15) is 0 Å². The predicted molar refractivity (Wildman–Crippen MR) is 77.3 cm³/mol. The molecule has 1 heterocycles. The summed E-state index contributed by atoms with van der Waals surface area (Å²) in [6.07, 6.45) is 0. The summed E-state index contributed by atoms with van der Waals surface area (Å²) in [7, 11) is 1.81. The molecule has 0 aliphatic carbocycles. The molecule has 0 bridgehead atoms. The Morgan fingerprint density at radius 3 is 2.80 bits per heavy atom. The van der Waals surface area contributed by atoms with Crippen molar-refractivity contribution in [3.63, 3.8) is 0 Å². The van der Waals surface area contributed by atoms with Crippen LogP contribution in [-0.4, -0.2) is 17.0 Å². The van der Waals surface area contributed by atoms with E-state index in [1.807, 2.05) is 20.0 Å². The lowest BCUT2D eigenvalue weighted by atomic mass is 10.1. The fraction of sp³-hybridized carbons (Fsp3) is 0.231. The first kappa shape index (κ1) is 14.5. The van der Waals surface area contributed by atoms with Crippen molar-refractivity contribution in [2.24, 2.45) is 0 Å². The van der Waals surface area contributed by atoms with Crippen molar-refractivity contribution in [1.29, 1.82) is 0 Å². The number of benzene rings is 1. The molecule has 0 amide bonds. The fourth-order valence-corrected chi connectivity index (χ4v) is 2.45. The minimum absolute atomic E-state index is 0.0638. The van der Waals surface area contributed by atoms with Gasteiger partial charge in [0.2, 0.25) is 0 Å². The van der Waals surface area contributed by atoms with E-state index in [4.69, 9.17) is 5.73 Å². The Hall–Kier alpha value is -1.86. The van der Waals surface area contributed by atoms with Crippen LogP contribution in [-0.2, 0) is 0 Å². The molecule has 0 fully saturated rings. The van der Waals surface area contributed by atoms with E-state index < -0.39 is 0 Å². The number of rotatable bonds is 4. The minimum Gasteiger partial charge on any atom is -0.383 e. The van der Waals surface area contributed by atoms with Crippen LogP contribution in [0.3, 0.4) is 0 Å². The maximum absolute atomic E-state index is 14.0. The molecular formula is C13H15FN4OS. The van der Waals surface area contributed by atoms with Crippen LogP contribution in [0.1, 0.15) is 18.5 Å². The number of nitrogen functional groups attached to an aromatic ring is 1. The number of nitrogens with zero attached hydrogens (tertiary/aromatic N) is 1. The van der Waals surface area contributed by atoms with Crippen molar-refractivity contribution in [2.75, 3.05) is 12.8 Å². The summed E-state index contributed by atoms with van der Waals surface area (Å²) in [4.78, 5) is 18.1. The Balaban J connectivity index is 2.28. The molecule has 7 heteroatoms. The van der Waals surface area contributed by atoms with E-state index >= 15 is 0 Å². The summed E-state index contributed by atoms with van der Waals surface area (Å²) in [6.45, 7) is 1.94. The van der Waals surface area contributed by atoms with Crippen molar-refractivity contribution in [2.45, 2.75) is 23.0 Å². The lowest BCUT2D eigenvalue weighted by Gasteiger charge is -2.11. The van der Waals surface area contributed by atoms with Gasteiger partial charge in [0.1, 0.15) is 11.6 Å². The van der Waals surface area contributed by atoms with Gasteiger partial charge < -0.3 is 16.0 Å². The second-order valence-corrected chi connectivity index (χ2v) is 5.31. The molecule has 106 valence electrons. The first-order chi connectivity index (χ1) is 9.49. The molecule has 0 radical (unpaired) electrons. The molecule has 1 atom stereocenters. The number of H-pyrrole nitrogens is 1. The topological polar surface area (TPSA) is 83.8 Å². The maximum Gasteiger partial charge on any atom is 0.253 e. The summed E-state index contributed by atoms with van der Waals surface area (Å²) in [6, 6.07) is 6.20. The number of hydrogen-bond acceptors (Lipinski definition) is 5. The predicted octanol–water partition coefficient (Wildman–Crippen LogP) is 1.92. The summed E-state index contributed by atoms with van der Waals surface area (Å²) in [5.41, 5.74) is 5.98. The SMILES string of the molecule is CNC(C)c1ccc(Sc2nc(N)cc(=O)[nH]2)c(F)c1. The molecule has 1 unspecified atom stereocenters. The van der Waals surface area contributed by atoms with Gasteiger partial charge >= 0.3 is 0 Å². The van der Waals surface area contributed by atoms with Gasteiger partial charge in [-0.05, 0) is 43.4 Å². The van der Waals surface area contributed by atoms with Crippen molar-refractivity contribution in [3.05, 3.63) is 46.0 Å². The van der Waals surface area contributed by atoms with Gasteiger partial charge in [0.25, 0.3) is 5.56 Å². The smallest absolute Gasteiger partial charge is 0.253 e. The van der Waals surface area contributed by atoms with Crippen molar-refractivity contribution >= 4 is 17.6 Å². The number of aromatic nitrogens is 2. The van der Waals surface area contributed by atoms with E-state index in [-0.39, 0.29) is 28.4 Å². The van der Waals surface area contributed by atoms with E-state index in [1.54, 1.807) is 6.07 Å². The average molecular weight is 294 g/mol. The van der Waals surface area contributed by atoms with E-state index in [9.17, 15) is 9.18 Å². The molecule has 0 saturated heterocycles. The van der Waals surface area contributed by atoms with Crippen molar-refractivity contribution in [3.8, 4) is 0 Å². The van der Waals surface area contributed by atoms with Gasteiger partial charge in [-0.1, -0.05) is 6.07 Å². The first-order valence-corrected chi connectivity index (χ1v) is 6.82. The lowest BCUT2D eigenvalue weighted by molar-refractivity contribution is 0.587. The molecule has 1 aromatic carbocycles. The van der Waals surface area contributed by atoms with Crippen LogP contribution in [0.5, 0.6) is 0 Å². The Morgan fingerprint density at radius 2 is 2.20 bits per heavy atom. The molecule has 2 rings (SSSR count). The van der Waals surface area contributed by atoms with Crippen LogP contribution >= 0.6 is 11.8 Å². The van der Waals surface area contributed by atoms with E-state index in [0.29, 0.717) is 4.90 Å². The maximum atomic E-state index is 14.0. The normalized spacial score (nSPS) is 12.3. The molecular weight excluding hydrogens is 279 g/mol. The van der Waals surface area contributed by atoms with Crippen LogP contribution in [0, 0.1) is 5.82 Å². The van der Waals surface area contributed by atoms with Gasteiger partial charge in [0, 0.05) is 12.1 Å². The van der Waals surface area contributed by atoms with E-state index in [2.05, 4.69) is 15.3 Å². The van der Waals surface area contributed by atoms with Gasteiger partial charge in [-0.3, -0.25) is 4.79 Å². The second-order valence-electron chi connectivity index (χ2n) is 4.28. The van der Waals surface area contributed by atoms with Crippen LogP contribution in [0.2, 0.25) is 0 Å². The van der Waals surface area contributed by atoms with Crippen LogP contribution < -0.4 is 16.6 Å². The number of anilines is 1. The van der Waals surface area contributed by atoms with Gasteiger partial charge in [0.05, 0.1) is 4.90 Å². The number of nitrogens with two attached hydrogens (primary N) is 1. The zero-order valence-electron chi connectivity index (χ0n) is 11.1. The Kier molecular flexibility index (Phi) is 4.41. The molecule has 4 N–H and O–H groups in total. The third kappa shape index (κ3) is 3.37. The van der Waals surface area contributed by atoms with Crippen LogP contribution in [0.15, 0.2) is 39.1 Å². The second kappa shape index (κ2) is 6.06. The Bertz CT molecular complexity index is 674. The molecule has 0 aliphatic rings. The molecule has 1 aromatic heterocycles. The summed E-state index contributed by atoms with van der Waals surface area (Å²) < 4.78 is 14.0. The molecule has 0 spiro atoms. The Morgan fingerprint density at radius 1 is 1.45 bits per heavy atom. The first-order valence-electron chi connectivity index (χ1n) is 6.01.